The maximum absolute atomic E-state index is 10.1. The number of aryl methyl sites for hydroxylation is 1. The molecular formula is C11H12BrNO. The second kappa shape index (κ2) is 5.05. The largest absolute Gasteiger partial charge is 0.297 e. The number of carbonyl (C=O) groups is 1. The van der Waals surface area contributed by atoms with Crippen molar-refractivity contribution < 1.29 is 4.79 Å². The zero-order valence-corrected chi connectivity index (χ0v) is 9.78. The maximum atomic E-state index is 10.1. The molecule has 0 aliphatic carbocycles. The summed E-state index contributed by atoms with van der Waals surface area (Å²) in [7, 11) is 0. The Kier molecular flexibility index (Phi) is 4.01. The van der Waals surface area contributed by atoms with Crippen molar-refractivity contribution in [3.8, 4) is 0 Å². The molecular weight excluding hydrogens is 242 g/mol. The fourth-order valence-corrected chi connectivity index (χ4v) is 1.42. The van der Waals surface area contributed by atoms with E-state index in [4.69, 9.17) is 0 Å². The maximum Gasteiger partial charge on any atom is 0.160 e. The molecule has 0 aliphatic rings. The predicted molar refractivity (Wildman–Crippen MR) is 61.9 cm³/mol. The van der Waals surface area contributed by atoms with Gasteiger partial charge in [-0.15, -0.1) is 0 Å². The van der Waals surface area contributed by atoms with Gasteiger partial charge in [0.15, 0.2) is 6.29 Å². The summed E-state index contributed by atoms with van der Waals surface area (Å²) in [4.78, 5) is 14.2. The Labute approximate surface area is 92.2 Å². The van der Waals surface area contributed by atoms with Crippen molar-refractivity contribution in [2.24, 2.45) is 4.99 Å². The number of halogens is 1. The Morgan fingerprint density at radius 1 is 1.50 bits per heavy atom. The van der Waals surface area contributed by atoms with Crippen molar-refractivity contribution >= 4 is 28.4 Å². The van der Waals surface area contributed by atoms with E-state index in [1.54, 1.807) is 0 Å². The minimum absolute atomic E-state index is 0.0343. The van der Waals surface area contributed by atoms with Gasteiger partial charge in [0.2, 0.25) is 0 Å². The van der Waals surface area contributed by atoms with Gasteiger partial charge in [-0.2, -0.15) is 0 Å². The molecule has 2 nitrogen and oxygen atoms in total. The van der Waals surface area contributed by atoms with E-state index in [9.17, 15) is 4.79 Å². The number of benzene rings is 1. The highest BCUT2D eigenvalue weighted by Gasteiger charge is 2.03. The summed E-state index contributed by atoms with van der Waals surface area (Å²) in [6.07, 6.45) is 1.99. The van der Waals surface area contributed by atoms with E-state index in [0.717, 1.165) is 10.0 Å². The molecule has 0 N–H and O–H groups in total. The van der Waals surface area contributed by atoms with Crippen LogP contribution in [0.2, 0.25) is 0 Å². The number of nitrogens with zero attached hydrogens (tertiary/aromatic N) is 1. The average molecular weight is 254 g/mol. The first-order valence-electron chi connectivity index (χ1n) is 4.38. The summed E-state index contributed by atoms with van der Waals surface area (Å²) < 4.78 is 1.09. The third kappa shape index (κ3) is 2.77. The van der Waals surface area contributed by atoms with Crippen LogP contribution in [0.25, 0.3) is 0 Å². The topological polar surface area (TPSA) is 29.4 Å². The molecule has 3 heteroatoms. The second-order valence-corrected chi connectivity index (χ2v) is 3.97. The fraction of sp³-hybridized carbons (Fsp3) is 0.273. The zero-order valence-electron chi connectivity index (χ0n) is 8.20. The van der Waals surface area contributed by atoms with Crippen LogP contribution in [-0.2, 0) is 4.79 Å². The van der Waals surface area contributed by atoms with Crippen molar-refractivity contribution in [1.82, 2.24) is 0 Å². The van der Waals surface area contributed by atoms with Crippen molar-refractivity contribution in [3.05, 3.63) is 33.8 Å². The van der Waals surface area contributed by atoms with Gasteiger partial charge in [0.25, 0.3) is 0 Å². The normalized spacial score (nSPS) is 13.1. The van der Waals surface area contributed by atoms with E-state index in [-0.39, 0.29) is 6.04 Å². The number of aliphatic imine (C=N–C) groups is 1. The molecule has 0 saturated heterocycles. The molecule has 0 spiro atoms. The Morgan fingerprint density at radius 3 is 2.79 bits per heavy atom. The molecule has 1 rings (SSSR count). The summed E-state index contributed by atoms with van der Waals surface area (Å²) in [5.41, 5.74) is 2.29. The quantitative estimate of drug-likeness (QED) is 0.602. The van der Waals surface area contributed by atoms with Crippen molar-refractivity contribution in [2.75, 3.05) is 0 Å². The molecule has 0 radical (unpaired) electrons. The van der Waals surface area contributed by atoms with Crippen LogP contribution in [-0.4, -0.2) is 12.5 Å². The number of aldehydes is 1. The summed E-state index contributed by atoms with van der Waals surface area (Å²) in [6, 6.07) is 6.10. The molecule has 0 unspecified atom stereocenters. The molecule has 14 heavy (non-hydrogen) atoms. The lowest BCUT2D eigenvalue weighted by molar-refractivity contribution is -0.102. The highest BCUT2D eigenvalue weighted by molar-refractivity contribution is 9.10. The third-order valence-corrected chi connectivity index (χ3v) is 2.92. The van der Waals surface area contributed by atoms with Gasteiger partial charge in [-0.1, -0.05) is 28.1 Å². The highest BCUT2D eigenvalue weighted by Crippen LogP contribution is 2.22. The van der Waals surface area contributed by atoms with Gasteiger partial charge in [-0.05, 0) is 31.0 Å². The van der Waals surface area contributed by atoms with Crippen LogP contribution >= 0.6 is 15.9 Å². The van der Waals surface area contributed by atoms with E-state index in [1.807, 2.05) is 26.0 Å². The SMILES string of the molecule is Cc1cc([C@H](C)N=CC=O)ccc1Br. The summed E-state index contributed by atoms with van der Waals surface area (Å²) in [6.45, 7) is 3.99. The summed E-state index contributed by atoms with van der Waals surface area (Å²) >= 11 is 3.44. The Morgan fingerprint density at radius 2 is 2.21 bits per heavy atom. The lowest BCUT2D eigenvalue weighted by Gasteiger charge is -2.07. The van der Waals surface area contributed by atoms with Gasteiger partial charge >= 0.3 is 0 Å². The number of rotatable bonds is 3. The molecule has 0 aliphatic heterocycles. The van der Waals surface area contributed by atoms with Crippen LogP contribution in [0.1, 0.15) is 24.1 Å². The first kappa shape index (κ1) is 11.1. The molecule has 74 valence electrons. The lowest BCUT2D eigenvalue weighted by atomic mass is 10.1. The van der Waals surface area contributed by atoms with Gasteiger partial charge in [0, 0.05) is 4.47 Å². The minimum Gasteiger partial charge on any atom is -0.297 e. The molecule has 0 heterocycles. The number of hydrogen-bond donors (Lipinski definition) is 0. The van der Waals surface area contributed by atoms with E-state index < -0.39 is 0 Å². The monoisotopic (exact) mass is 253 g/mol. The first-order chi connectivity index (χ1) is 6.65. The average Bonchev–Trinajstić information content (AvgIpc) is 2.18. The highest BCUT2D eigenvalue weighted by atomic mass is 79.9. The van der Waals surface area contributed by atoms with Crippen molar-refractivity contribution in [3.63, 3.8) is 0 Å². The van der Waals surface area contributed by atoms with Gasteiger partial charge < -0.3 is 0 Å². The Balaban J connectivity index is 2.90. The van der Waals surface area contributed by atoms with E-state index >= 15 is 0 Å². The molecule has 1 aromatic rings. The van der Waals surface area contributed by atoms with Crippen LogP contribution < -0.4 is 0 Å². The van der Waals surface area contributed by atoms with Gasteiger partial charge in [-0.3, -0.25) is 9.79 Å². The van der Waals surface area contributed by atoms with Crippen LogP contribution in [0, 0.1) is 6.92 Å². The Hall–Kier alpha value is -0.960. The summed E-state index contributed by atoms with van der Waals surface area (Å²) in [5.74, 6) is 0. The van der Waals surface area contributed by atoms with Gasteiger partial charge in [0.05, 0.1) is 12.3 Å². The van der Waals surface area contributed by atoms with E-state index in [1.165, 1.54) is 11.8 Å². The predicted octanol–water partition coefficient (Wildman–Crippen LogP) is 3.09. The van der Waals surface area contributed by atoms with Crippen LogP contribution in [0.15, 0.2) is 27.7 Å². The minimum atomic E-state index is 0.0343. The van der Waals surface area contributed by atoms with Crippen molar-refractivity contribution in [2.45, 2.75) is 19.9 Å². The second-order valence-electron chi connectivity index (χ2n) is 3.12. The van der Waals surface area contributed by atoms with Gasteiger partial charge in [0.1, 0.15) is 0 Å². The molecule has 0 fully saturated rings. The number of carbonyl (C=O) groups excluding carboxylic acids is 1. The molecule has 0 saturated carbocycles. The van der Waals surface area contributed by atoms with Crippen LogP contribution in [0.4, 0.5) is 0 Å². The van der Waals surface area contributed by atoms with Gasteiger partial charge in [-0.25, -0.2) is 0 Å². The number of hydrogen-bond acceptors (Lipinski definition) is 2. The summed E-state index contributed by atoms with van der Waals surface area (Å²) in [5, 5.41) is 0. The molecule has 0 bridgehead atoms. The first-order valence-corrected chi connectivity index (χ1v) is 5.17. The fourth-order valence-electron chi connectivity index (χ4n) is 1.18. The smallest absolute Gasteiger partial charge is 0.160 e. The molecule has 0 amide bonds. The standard InChI is InChI=1S/C11H12BrNO/c1-8-7-10(3-4-11(8)12)9(2)13-5-6-14/h3-7,9H,1-2H3/t9-/m0/s1. The van der Waals surface area contributed by atoms with Crippen molar-refractivity contribution in [1.29, 1.82) is 0 Å². The van der Waals surface area contributed by atoms with E-state index in [0.29, 0.717) is 6.29 Å². The van der Waals surface area contributed by atoms with Crippen LogP contribution in [0.3, 0.4) is 0 Å². The molecule has 0 aromatic heterocycles. The lowest BCUT2D eigenvalue weighted by Crippen LogP contribution is -1.91. The third-order valence-electron chi connectivity index (χ3n) is 2.03. The molecule has 1 atom stereocenters. The Bertz CT molecular complexity index is 360. The molecule has 1 aromatic carbocycles. The van der Waals surface area contributed by atoms with Crippen LogP contribution in [0.5, 0.6) is 0 Å². The zero-order chi connectivity index (χ0) is 10.6. The van der Waals surface area contributed by atoms with E-state index in [2.05, 4.69) is 27.0 Å².